The van der Waals surface area contributed by atoms with Gasteiger partial charge in [-0.2, -0.15) is 0 Å². The lowest BCUT2D eigenvalue weighted by Crippen LogP contribution is -1.88. The monoisotopic (exact) mass is 236 g/mol. The van der Waals surface area contributed by atoms with Crippen molar-refractivity contribution in [1.82, 2.24) is 9.97 Å². The molecule has 18 heavy (non-hydrogen) atoms. The van der Waals surface area contributed by atoms with Crippen molar-refractivity contribution >= 4 is 11.0 Å². The van der Waals surface area contributed by atoms with Crippen LogP contribution < -0.4 is 4.74 Å². The summed E-state index contributed by atoms with van der Waals surface area (Å²) in [6, 6.07) is 15.7. The molecule has 0 amide bonds. The zero-order chi connectivity index (χ0) is 12.4. The highest BCUT2D eigenvalue weighted by atomic mass is 16.5. The number of ether oxygens (including phenoxy) is 1. The molecule has 88 valence electrons. The van der Waals surface area contributed by atoms with Crippen molar-refractivity contribution in [3.63, 3.8) is 0 Å². The Morgan fingerprint density at radius 2 is 1.61 bits per heavy atom. The van der Waals surface area contributed by atoms with Gasteiger partial charge in [-0.05, 0) is 36.4 Å². The largest absolute Gasteiger partial charge is 0.497 e. The highest BCUT2D eigenvalue weighted by molar-refractivity contribution is 5.76. The summed E-state index contributed by atoms with van der Waals surface area (Å²) in [5.74, 6) is 0.840. The number of rotatable bonds is 2. The first-order valence-electron chi connectivity index (χ1n) is 5.73. The van der Waals surface area contributed by atoms with Crippen molar-refractivity contribution in [1.29, 1.82) is 0 Å². The number of fused-ring (bicyclic) bond motifs is 1. The fourth-order valence-corrected chi connectivity index (χ4v) is 1.86. The SMILES string of the molecule is COc1ccc(-c2cnc3ccccc3n2)cc1. The van der Waals surface area contributed by atoms with E-state index in [0.29, 0.717) is 0 Å². The summed E-state index contributed by atoms with van der Waals surface area (Å²) in [5.41, 5.74) is 3.73. The minimum absolute atomic E-state index is 0.840. The molecule has 1 aromatic heterocycles. The van der Waals surface area contributed by atoms with Crippen LogP contribution in [-0.2, 0) is 0 Å². The standard InChI is InChI=1S/C15H12N2O/c1-18-12-8-6-11(7-9-12)15-10-16-13-4-2-3-5-14(13)17-15/h2-10H,1H3. The molecular weight excluding hydrogens is 224 g/mol. The van der Waals surface area contributed by atoms with Gasteiger partial charge in [0, 0.05) is 5.56 Å². The van der Waals surface area contributed by atoms with Gasteiger partial charge in [-0.25, -0.2) is 4.98 Å². The minimum Gasteiger partial charge on any atom is -0.497 e. The fraction of sp³-hybridized carbons (Fsp3) is 0.0667. The van der Waals surface area contributed by atoms with E-state index in [2.05, 4.69) is 9.97 Å². The predicted molar refractivity (Wildman–Crippen MR) is 71.5 cm³/mol. The molecule has 3 aromatic rings. The van der Waals surface area contributed by atoms with Crippen LogP contribution in [-0.4, -0.2) is 17.1 Å². The van der Waals surface area contributed by atoms with Gasteiger partial charge in [0.25, 0.3) is 0 Å². The lowest BCUT2D eigenvalue weighted by atomic mass is 10.1. The van der Waals surface area contributed by atoms with E-state index in [-0.39, 0.29) is 0 Å². The van der Waals surface area contributed by atoms with Gasteiger partial charge in [0.2, 0.25) is 0 Å². The topological polar surface area (TPSA) is 35.0 Å². The van der Waals surface area contributed by atoms with Crippen molar-refractivity contribution in [3.8, 4) is 17.0 Å². The van der Waals surface area contributed by atoms with E-state index in [1.807, 2.05) is 48.5 Å². The molecule has 3 nitrogen and oxygen atoms in total. The van der Waals surface area contributed by atoms with Gasteiger partial charge >= 0.3 is 0 Å². The Kier molecular flexibility index (Phi) is 2.65. The Bertz CT molecular complexity index is 677. The summed E-state index contributed by atoms with van der Waals surface area (Å²) in [6.45, 7) is 0. The molecule has 0 unspecified atom stereocenters. The fourth-order valence-electron chi connectivity index (χ4n) is 1.86. The predicted octanol–water partition coefficient (Wildman–Crippen LogP) is 3.31. The normalized spacial score (nSPS) is 10.5. The summed E-state index contributed by atoms with van der Waals surface area (Å²) in [7, 11) is 1.66. The van der Waals surface area contributed by atoms with Crippen LogP contribution in [0.5, 0.6) is 5.75 Å². The summed E-state index contributed by atoms with van der Waals surface area (Å²) in [5, 5.41) is 0. The molecule has 3 heteroatoms. The van der Waals surface area contributed by atoms with Crippen LogP contribution in [0.3, 0.4) is 0 Å². The molecule has 0 fully saturated rings. The Labute approximate surface area is 105 Å². The van der Waals surface area contributed by atoms with Gasteiger partial charge in [0.1, 0.15) is 5.75 Å². The van der Waals surface area contributed by atoms with E-state index in [9.17, 15) is 0 Å². The van der Waals surface area contributed by atoms with E-state index in [1.165, 1.54) is 0 Å². The number of methoxy groups -OCH3 is 1. The van der Waals surface area contributed by atoms with Crippen LogP contribution in [0, 0.1) is 0 Å². The highest BCUT2D eigenvalue weighted by Crippen LogP contribution is 2.21. The number of para-hydroxylation sites is 2. The zero-order valence-corrected chi connectivity index (χ0v) is 10.00. The molecule has 0 spiro atoms. The Morgan fingerprint density at radius 1 is 0.889 bits per heavy atom. The molecule has 3 rings (SSSR count). The molecule has 0 N–H and O–H groups in total. The maximum Gasteiger partial charge on any atom is 0.118 e. The lowest BCUT2D eigenvalue weighted by molar-refractivity contribution is 0.415. The molecule has 0 saturated carbocycles. The van der Waals surface area contributed by atoms with E-state index >= 15 is 0 Å². The summed E-state index contributed by atoms with van der Waals surface area (Å²) >= 11 is 0. The molecule has 0 saturated heterocycles. The van der Waals surface area contributed by atoms with Gasteiger partial charge in [-0.3, -0.25) is 4.98 Å². The zero-order valence-electron chi connectivity index (χ0n) is 10.00. The third-order valence-electron chi connectivity index (χ3n) is 2.83. The number of benzene rings is 2. The van der Waals surface area contributed by atoms with Gasteiger partial charge in [-0.1, -0.05) is 12.1 Å². The van der Waals surface area contributed by atoms with Crippen LogP contribution in [0.15, 0.2) is 54.7 Å². The molecule has 1 heterocycles. The van der Waals surface area contributed by atoms with E-state index < -0.39 is 0 Å². The molecule has 0 aliphatic carbocycles. The van der Waals surface area contributed by atoms with Crippen LogP contribution in [0.1, 0.15) is 0 Å². The smallest absolute Gasteiger partial charge is 0.118 e. The first-order valence-corrected chi connectivity index (χ1v) is 5.73. The summed E-state index contributed by atoms with van der Waals surface area (Å²) in [6.07, 6.45) is 1.80. The number of hydrogen-bond donors (Lipinski definition) is 0. The molecule has 0 aliphatic rings. The second-order valence-corrected chi connectivity index (χ2v) is 3.97. The third-order valence-corrected chi connectivity index (χ3v) is 2.83. The van der Waals surface area contributed by atoms with Crippen molar-refractivity contribution in [2.75, 3.05) is 7.11 Å². The molecule has 0 aliphatic heterocycles. The first-order chi connectivity index (χ1) is 8.86. The van der Waals surface area contributed by atoms with Crippen molar-refractivity contribution in [2.24, 2.45) is 0 Å². The summed E-state index contributed by atoms with van der Waals surface area (Å²) in [4.78, 5) is 9.00. The molecular formula is C15H12N2O. The van der Waals surface area contributed by atoms with Crippen molar-refractivity contribution < 1.29 is 4.74 Å². The maximum absolute atomic E-state index is 5.14. The van der Waals surface area contributed by atoms with E-state index in [1.54, 1.807) is 13.3 Å². The summed E-state index contributed by atoms with van der Waals surface area (Å²) < 4.78 is 5.14. The van der Waals surface area contributed by atoms with Gasteiger partial charge in [0.05, 0.1) is 30.0 Å². The average Bonchev–Trinajstić information content (AvgIpc) is 2.47. The molecule has 0 bridgehead atoms. The average molecular weight is 236 g/mol. The first kappa shape index (κ1) is 10.7. The molecule has 0 radical (unpaired) electrons. The third kappa shape index (κ3) is 1.91. The Balaban J connectivity index is 2.07. The van der Waals surface area contributed by atoms with Crippen LogP contribution >= 0.6 is 0 Å². The van der Waals surface area contributed by atoms with E-state index in [0.717, 1.165) is 28.0 Å². The number of nitrogens with zero attached hydrogens (tertiary/aromatic N) is 2. The van der Waals surface area contributed by atoms with Crippen LogP contribution in [0.25, 0.3) is 22.3 Å². The van der Waals surface area contributed by atoms with Gasteiger partial charge in [-0.15, -0.1) is 0 Å². The molecule has 0 atom stereocenters. The quantitative estimate of drug-likeness (QED) is 0.684. The van der Waals surface area contributed by atoms with E-state index in [4.69, 9.17) is 4.74 Å². The molecule has 2 aromatic carbocycles. The Hall–Kier alpha value is -2.42. The minimum atomic E-state index is 0.840. The second-order valence-electron chi connectivity index (χ2n) is 3.97. The van der Waals surface area contributed by atoms with Gasteiger partial charge < -0.3 is 4.74 Å². The van der Waals surface area contributed by atoms with Crippen molar-refractivity contribution in [3.05, 3.63) is 54.7 Å². The van der Waals surface area contributed by atoms with Crippen LogP contribution in [0.2, 0.25) is 0 Å². The Morgan fingerprint density at radius 3 is 2.33 bits per heavy atom. The second kappa shape index (κ2) is 4.45. The highest BCUT2D eigenvalue weighted by Gasteiger charge is 2.02. The van der Waals surface area contributed by atoms with Crippen molar-refractivity contribution in [2.45, 2.75) is 0 Å². The van der Waals surface area contributed by atoms with Crippen LogP contribution in [0.4, 0.5) is 0 Å². The number of aromatic nitrogens is 2. The lowest BCUT2D eigenvalue weighted by Gasteiger charge is -2.04. The maximum atomic E-state index is 5.14. The number of hydrogen-bond acceptors (Lipinski definition) is 3. The van der Waals surface area contributed by atoms with Gasteiger partial charge in [0.15, 0.2) is 0 Å².